The Labute approximate surface area is 127 Å². The van der Waals surface area contributed by atoms with E-state index in [-0.39, 0.29) is 103 Å². The van der Waals surface area contributed by atoms with Crippen LogP contribution in [0.4, 0.5) is 0 Å². The molecule has 0 saturated carbocycles. The molecule has 0 aromatic carbocycles. The molecule has 5 heteroatoms. The first-order valence-corrected chi connectivity index (χ1v) is 0.855. The Kier molecular flexibility index (Phi) is 35.9. The quantitative estimate of drug-likeness (QED) is 0.316. The van der Waals surface area contributed by atoms with Crippen molar-refractivity contribution >= 4 is 103 Å². The molecular formula is C2H2K2N2O. The summed E-state index contributed by atoms with van der Waals surface area (Å²) in [5.41, 5.74) is 0. The average Bonchev–Trinajstić information content (AvgIpc) is 1.41. The molecule has 7 heavy (non-hydrogen) atoms. The van der Waals surface area contributed by atoms with Crippen LogP contribution < -0.4 is 0 Å². The molecule has 0 unspecified atom stereocenters. The van der Waals surface area contributed by atoms with E-state index in [2.05, 4.69) is 4.74 Å². The fourth-order valence-electron chi connectivity index (χ4n) is 0.0204. The first-order valence-electron chi connectivity index (χ1n) is 0.855. The molecular weight excluding hydrogens is 146 g/mol. The molecule has 3 nitrogen and oxygen atoms in total. The topological polar surface area (TPSA) is 56.8 Å². The molecule has 0 aromatic rings. The third-order valence-corrected chi connectivity index (χ3v) is 0.0913. The zero-order valence-corrected chi connectivity index (χ0v) is 2.30. The summed E-state index contributed by atoms with van der Waals surface area (Å²) in [5, 5.41) is 14.7. The minimum atomic E-state index is 0. The van der Waals surface area contributed by atoms with Gasteiger partial charge in [-0.25, -0.2) is 0 Å². The molecule has 28 valence electrons. The van der Waals surface area contributed by atoms with Gasteiger partial charge < -0.3 is 4.74 Å². The molecule has 0 aliphatic heterocycles. The van der Waals surface area contributed by atoms with Crippen molar-refractivity contribution < 1.29 is 4.74 Å². The molecule has 0 spiro atoms. The van der Waals surface area contributed by atoms with Crippen LogP contribution in [0.3, 0.4) is 0 Å². The molecule has 0 radical (unpaired) electrons. The van der Waals surface area contributed by atoms with Crippen molar-refractivity contribution in [1.29, 1.82) is 10.5 Å². The molecule has 0 rings (SSSR count). The van der Waals surface area contributed by atoms with Crippen LogP contribution in [-0.4, -0.2) is 103 Å². The second-order valence-corrected chi connectivity index (χ2v) is 0.285. The third-order valence-electron chi connectivity index (χ3n) is 0.0913. The van der Waals surface area contributed by atoms with E-state index < -0.39 is 0 Å². The zero-order valence-electron chi connectivity index (χ0n) is 2.30. The van der Waals surface area contributed by atoms with Gasteiger partial charge >= 0.3 is 115 Å². The van der Waals surface area contributed by atoms with Gasteiger partial charge in [0.05, 0.1) is 0 Å². The van der Waals surface area contributed by atoms with Crippen molar-refractivity contribution in [3.63, 3.8) is 0 Å². The Hall–Kier alpha value is 2.05. The van der Waals surface area contributed by atoms with E-state index in [0.717, 1.165) is 12.5 Å². The SMILES string of the molecule is N#COC#N.[KH].[KH]. The summed E-state index contributed by atoms with van der Waals surface area (Å²) in [5.74, 6) is 0. The predicted octanol–water partition coefficient (Wildman–Crippen LogP) is -1.33. The Morgan fingerprint density at radius 3 is 1.29 bits per heavy atom. The molecule has 0 aliphatic carbocycles. The van der Waals surface area contributed by atoms with Crippen LogP contribution in [0.1, 0.15) is 0 Å². The van der Waals surface area contributed by atoms with Crippen molar-refractivity contribution in [2.45, 2.75) is 0 Å². The number of nitrogens with zero attached hydrogens (tertiary/aromatic N) is 2. The van der Waals surface area contributed by atoms with Crippen LogP contribution in [0.5, 0.6) is 0 Å². The van der Waals surface area contributed by atoms with Gasteiger partial charge in [0, 0.05) is 0 Å². The van der Waals surface area contributed by atoms with Crippen LogP contribution >= 0.6 is 0 Å². The number of ether oxygens (including phenoxy) is 1. The van der Waals surface area contributed by atoms with Crippen LogP contribution in [0.2, 0.25) is 0 Å². The predicted molar refractivity (Wildman–Crippen MR) is 26.6 cm³/mol. The molecule has 0 N–H and O–H groups in total. The Balaban J connectivity index is -0.0000000800. The van der Waals surface area contributed by atoms with Gasteiger partial charge in [0.15, 0.2) is 0 Å². The Bertz CT molecular complexity index is 78.8. The average molecular weight is 148 g/mol. The third kappa shape index (κ3) is 18.0. The van der Waals surface area contributed by atoms with E-state index in [1.54, 1.807) is 0 Å². The number of hydrogen-bond acceptors (Lipinski definition) is 3. The van der Waals surface area contributed by atoms with Crippen molar-refractivity contribution in [2.24, 2.45) is 0 Å². The molecule has 0 fully saturated rings. The van der Waals surface area contributed by atoms with Crippen LogP contribution in [0.25, 0.3) is 0 Å². The Morgan fingerprint density at radius 1 is 1.00 bits per heavy atom. The molecule has 0 amide bonds. The number of nitriles is 2. The normalized spacial score (nSPS) is 2.57. The summed E-state index contributed by atoms with van der Waals surface area (Å²) < 4.78 is 3.44. The van der Waals surface area contributed by atoms with Gasteiger partial charge in [-0.15, -0.1) is 10.5 Å². The molecule has 0 atom stereocenters. The maximum absolute atomic E-state index is 7.37. The van der Waals surface area contributed by atoms with Crippen molar-refractivity contribution in [1.82, 2.24) is 0 Å². The van der Waals surface area contributed by atoms with E-state index in [9.17, 15) is 0 Å². The van der Waals surface area contributed by atoms with Crippen LogP contribution in [-0.2, 0) is 4.74 Å². The summed E-state index contributed by atoms with van der Waals surface area (Å²) >= 11 is 0. The molecule has 0 saturated heterocycles. The van der Waals surface area contributed by atoms with E-state index in [1.807, 2.05) is 0 Å². The minimum absolute atomic E-state index is 0. The van der Waals surface area contributed by atoms with Crippen molar-refractivity contribution in [3.05, 3.63) is 0 Å². The summed E-state index contributed by atoms with van der Waals surface area (Å²) in [6.07, 6.45) is 2.31. The fraction of sp³-hybridized carbons (Fsp3) is 0. The van der Waals surface area contributed by atoms with Gasteiger partial charge in [-0.2, -0.15) is 0 Å². The van der Waals surface area contributed by atoms with Crippen molar-refractivity contribution in [3.8, 4) is 12.5 Å². The summed E-state index contributed by atoms with van der Waals surface area (Å²) in [6.45, 7) is 0. The second-order valence-electron chi connectivity index (χ2n) is 0.285. The summed E-state index contributed by atoms with van der Waals surface area (Å²) in [4.78, 5) is 0. The Morgan fingerprint density at radius 2 is 1.29 bits per heavy atom. The van der Waals surface area contributed by atoms with E-state index in [0.29, 0.717) is 0 Å². The van der Waals surface area contributed by atoms with E-state index >= 15 is 0 Å². The van der Waals surface area contributed by atoms with Gasteiger partial charge in [0.25, 0.3) is 0 Å². The zero-order chi connectivity index (χ0) is 4.12. The monoisotopic (exact) mass is 148 g/mol. The number of rotatable bonds is 0. The van der Waals surface area contributed by atoms with Gasteiger partial charge in [-0.05, 0) is 0 Å². The molecule has 0 bridgehead atoms. The summed E-state index contributed by atoms with van der Waals surface area (Å²) in [6, 6.07) is 0. The van der Waals surface area contributed by atoms with E-state index in [4.69, 9.17) is 10.5 Å². The first-order chi connectivity index (χ1) is 2.41. The molecule has 0 aliphatic rings. The molecule has 0 aromatic heterocycles. The summed E-state index contributed by atoms with van der Waals surface area (Å²) in [7, 11) is 0. The van der Waals surface area contributed by atoms with Crippen molar-refractivity contribution in [2.75, 3.05) is 0 Å². The van der Waals surface area contributed by atoms with Crippen LogP contribution in [0, 0.1) is 23.0 Å². The van der Waals surface area contributed by atoms with Gasteiger partial charge in [-0.1, -0.05) is 0 Å². The number of hydrogen-bond donors (Lipinski definition) is 0. The van der Waals surface area contributed by atoms with Gasteiger partial charge in [-0.3, -0.25) is 0 Å². The maximum atomic E-state index is 7.37. The van der Waals surface area contributed by atoms with Gasteiger partial charge in [0.2, 0.25) is 0 Å². The van der Waals surface area contributed by atoms with E-state index in [1.165, 1.54) is 0 Å². The molecule has 0 heterocycles. The van der Waals surface area contributed by atoms with Gasteiger partial charge in [0.1, 0.15) is 0 Å². The first kappa shape index (κ1) is 16.0. The van der Waals surface area contributed by atoms with Crippen LogP contribution in [0.15, 0.2) is 0 Å². The fourth-order valence-corrected chi connectivity index (χ4v) is 0.0204. The standard InChI is InChI=1S/C2N2O.2K.2H/c3-1-5-2-4;;;;. The second kappa shape index (κ2) is 15.7.